The van der Waals surface area contributed by atoms with E-state index in [9.17, 15) is 0 Å². The quantitative estimate of drug-likeness (QED) is 0.811. The van der Waals surface area contributed by atoms with Crippen LogP contribution in [0.4, 0.5) is 5.69 Å². The van der Waals surface area contributed by atoms with Crippen molar-refractivity contribution >= 4 is 17.3 Å². The van der Waals surface area contributed by atoms with Crippen molar-refractivity contribution in [3.63, 3.8) is 0 Å². The van der Waals surface area contributed by atoms with Gasteiger partial charge in [-0.15, -0.1) is 0 Å². The monoisotopic (exact) mass is 274 g/mol. The van der Waals surface area contributed by atoms with Crippen molar-refractivity contribution in [2.75, 3.05) is 5.32 Å². The smallest absolute Gasteiger partial charge is 0.129 e. The molecular weight excluding hydrogens is 256 g/mol. The Morgan fingerprint density at radius 3 is 2.53 bits per heavy atom. The average molecular weight is 275 g/mol. The molecule has 0 fully saturated rings. The first-order valence-electron chi connectivity index (χ1n) is 6.44. The molecule has 0 aliphatic heterocycles. The fourth-order valence-electron chi connectivity index (χ4n) is 2.22. The molecule has 19 heavy (non-hydrogen) atoms. The third-order valence-electron chi connectivity index (χ3n) is 3.33. The van der Waals surface area contributed by atoms with Crippen molar-refractivity contribution in [1.29, 1.82) is 0 Å². The van der Waals surface area contributed by atoms with Crippen LogP contribution >= 0.6 is 11.6 Å². The van der Waals surface area contributed by atoms with Crippen molar-refractivity contribution in [1.82, 2.24) is 4.98 Å². The minimum absolute atomic E-state index is 0.238. The number of aryl methyl sites for hydroxylation is 3. The first-order valence-corrected chi connectivity index (χ1v) is 6.82. The largest absolute Gasteiger partial charge is 0.377 e. The van der Waals surface area contributed by atoms with E-state index >= 15 is 0 Å². The minimum Gasteiger partial charge on any atom is -0.377 e. The molecule has 0 spiro atoms. The van der Waals surface area contributed by atoms with E-state index in [1.54, 1.807) is 0 Å². The van der Waals surface area contributed by atoms with Crippen molar-refractivity contribution in [3.05, 3.63) is 57.9 Å². The highest BCUT2D eigenvalue weighted by atomic mass is 35.5. The van der Waals surface area contributed by atoms with Crippen LogP contribution in [0.2, 0.25) is 5.15 Å². The molecular formula is C16H19ClN2. The van der Waals surface area contributed by atoms with Gasteiger partial charge in [-0.25, -0.2) is 4.98 Å². The standard InChI is InChI=1S/C16H19ClN2/c1-10-5-6-11(2)14(9-10)12(3)18-15-7-8-16(17)19-13(15)4/h5-9,12,18H,1-4H3. The Hall–Kier alpha value is -1.54. The lowest BCUT2D eigenvalue weighted by Crippen LogP contribution is -2.10. The summed E-state index contributed by atoms with van der Waals surface area (Å²) in [5.41, 5.74) is 5.84. The van der Waals surface area contributed by atoms with E-state index in [-0.39, 0.29) is 6.04 Å². The number of anilines is 1. The number of benzene rings is 1. The van der Waals surface area contributed by atoms with Crippen LogP contribution in [0.5, 0.6) is 0 Å². The molecule has 100 valence electrons. The van der Waals surface area contributed by atoms with Gasteiger partial charge in [-0.05, 0) is 51.0 Å². The molecule has 3 heteroatoms. The maximum absolute atomic E-state index is 5.88. The molecule has 2 aromatic rings. The average Bonchev–Trinajstić information content (AvgIpc) is 2.35. The lowest BCUT2D eigenvalue weighted by Gasteiger charge is -2.19. The number of nitrogens with zero attached hydrogens (tertiary/aromatic N) is 1. The number of nitrogens with one attached hydrogen (secondary N) is 1. The molecule has 1 aromatic heterocycles. The van der Waals surface area contributed by atoms with Crippen LogP contribution in [-0.4, -0.2) is 4.98 Å². The van der Waals surface area contributed by atoms with Crippen molar-refractivity contribution < 1.29 is 0 Å². The SMILES string of the molecule is Cc1ccc(C)c(C(C)Nc2ccc(Cl)nc2C)c1. The zero-order chi connectivity index (χ0) is 14.0. The second-order valence-electron chi connectivity index (χ2n) is 4.99. The number of hydrogen-bond donors (Lipinski definition) is 1. The number of pyridine rings is 1. The topological polar surface area (TPSA) is 24.9 Å². The van der Waals surface area contributed by atoms with Gasteiger partial charge in [0.1, 0.15) is 5.15 Å². The van der Waals surface area contributed by atoms with Gasteiger partial charge in [-0.2, -0.15) is 0 Å². The van der Waals surface area contributed by atoms with Crippen LogP contribution in [0.3, 0.4) is 0 Å². The molecule has 0 saturated heterocycles. The van der Waals surface area contributed by atoms with Gasteiger partial charge in [-0.1, -0.05) is 35.4 Å². The molecule has 1 unspecified atom stereocenters. The van der Waals surface area contributed by atoms with Gasteiger partial charge in [0.15, 0.2) is 0 Å². The third-order valence-corrected chi connectivity index (χ3v) is 3.54. The summed E-state index contributed by atoms with van der Waals surface area (Å²) in [7, 11) is 0. The summed E-state index contributed by atoms with van der Waals surface area (Å²) in [6, 6.07) is 10.6. The summed E-state index contributed by atoms with van der Waals surface area (Å²) in [4.78, 5) is 4.26. The Morgan fingerprint density at radius 1 is 1.11 bits per heavy atom. The van der Waals surface area contributed by atoms with Gasteiger partial charge >= 0.3 is 0 Å². The van der Waals surface area contributed by atoms with Crippen LogP contribution in [0.1, 0.15) is 35.3 Å². The Bertz CT molecular complexity index is 593. The minimum atomic E-state index is 0.238. The summed E-state index contributed by atoms with van der Waals surface area (Å²) in [5, 5.41) is 4.03. The first kappa shape index (κ1) is 13.9. The molecule has 0 radical (unpaired) electrons. The second kappa shape index (κ2) is 5.62. The molecule has 1 atom stereocenters. The van der Waals surface area contributed by atoms with E-state index in [0.29, 0.717) is 5.15 Å². The van der Waals surface area contributed by atoms with Gasteiger partial charge in [0, 0.05) is 6.04 Å². The summed E-state index contributed by atoms with van der Waals surface area (Å²) in [5.74, 6) is 0. The molecule has 2 rings (SSSR count). The van der Waals surface area contributed by atoms with Crippen molar-refractivity contribution in [3.8, 4) is 0 Å². The Labute approximate surface area is 119 Å². The predicted molar refractivity (Wildman–Crippen MR) is 81.9 cm³/mol. The lowest BCUT2D eigenvalue weighted by molar-refractivity contribution is 0.867. The van der Waals surface area contributed by atoms with Gasteiger partial charge in [0.25, 0.3) is 0 Å². The van der Waals surface area contributed by atoms with E-state index < -0.39 is 0 Å². The van der Waals surface area contributed by atoms with Crippen LogP contribution in [0.15, 0.2) is 30.3 Å². The zero-order valence-corrected chi connectivity index (χ0v) is 12.5. The molecule has 1 N–H and O–H groups in total. The molecule has 0 aliphatic carbocycles. The molecule has 2 nitrogen and oxygen atoms in total. The fourth-order valence-corrected chi connectivity index (χ4v) is 2.41. The third kappa shape index (κ3) is 3.27. The number of hydrogen-bond acceptors (Lipinski definition) is 2. The number of rotatable bonds is 3. The molecule has 1 aromatic carbocycles. The highest BCUT2D eigenvalue weighted by Gasteiger charge is 2.10. The maximum atomic E-state index is 5.88. The van der Waals surface area contributed by atoms with E-state index in [2.05, 4.69) is 49.3 Å². The molecule has 0 saturated carbocycles. The van der Waals surface area contributed by atoms with E-state index in [1.807, 2.05) is 19.1 Å². The highest BCUT2D eigenvalue weighted by molar-refractivity contribution is 6.29. The zero-order valence-electron chi connectivity index (χ0n) is 11.8. The normalized spacial score (nSPS) is 12.3. The van der Waals surface area contributed by atoms with E-state index in [0.717, 1.165) is 11.4 Å². The first-order chi connectivity index (χ1) is 8.97. The Morgan fingerprint density at radius 2 is 1.84 bits per heavy atom. The molecule has 0 bridgehead atoms. The van der Waals surface area contributed by atoms with Crippen LogP contribution in [0, 0.1) is 20.8 Å². The number of halogens is 1. The Balaban J connectivity index is 2.25. The van der Waals surface area contributed by atoms with Crippen LogP contribution in [-0.2, 0) is 0 Å². The van der Waals surface area contributed by atoms with Gasteiger partial charge < -0.3 is 5.32 Å². The summed E-state index contributed by atoms with van der Waals surface area (Å²) in [6.07, 6.45) is 0. The summed E-state index contributed by atoms with van der Waals surface area (Å²) in [6.45, 7) is 8.38. The van der Waals surface area contributed by atoms with Gasteiger partial charge in [0.05, 0.1) is 11.4 Å². The summed E-state index contributed by atoms with van der Waals surface area (Å²) < 4.78 is 0. The summed E-state index contributed by atoms with van der Waals surface area (Å²) >= 11 is 5.88. The van der Waals surface area contributed by atoms with Gasteiger partial charge in [-0.3, -0.25) is 0 Å². The van der Waals surface area contributed by atoms with Crippen LogP contribution < -0.4 is 5.32 Å². The van der Waals surface area contributed by atoms with Crippen LogP contribution in [0.25, 0.3) is 0 Å². The van der Waals surface area contributed by atoms with Crippen molar-refractivity contribution in [2.45, 2.75) is 33.7 Å². The highest BCUT2D eigenvalue weighted by Crippen LogP contribution is 2.25. The second-order valence-corrected chi connectivity index (χ2v) is 5.38. The van der Waals surface area contributed by atoms with E-state index in [4.69, 9.17) is 11.6 Å². The van der Waals surface area contributed by atoms with Crippen molar-refractivity contribution in [2.24, 2.45) is 0 Å². The van der Waals surface area contributed by atoms with E-state index in [1.165, 1.54) is 16.7 Å². The predicted octanol–water partition coefficient (Wildman–Crippen LogP) is 4.83. The molecule has 1 heterocycles. The maximum Gasteiger partial charge on any atom is 0.129 e. The fraction of sp³-hybridized carbons (Fsp3) is 0.312. The Kier molecular flexibility index (Phi) is 4.11. The molecule has 0 aliphatic rings. The number of aromatic nitrogens is 1. The van der Waals surface area contributed by atoms with Gasteiger partial charge in [0.2, 0.25) is 0 Å². The lowest BCUT2D eigenvalue weighted by atomic mass is 10.00. The molecule has 0 amide bonds.